The minimum absolute atomic E-state index is 0.0203. The normalized spacial score (nSPS) is 16.1. The second-order valence-electron chi connectivity index (χ2n) is 8.72. The molecule has 1 saturated heterocycles. The van der Waals surface area contributed by atoms with E-state index >= 15 is 0 Å². The van der Waals surface area contributed by atoms with E-state index in [0.29, 0.717) is 11.5 Å². The summed E-state index contributed by atoms with van der Waals surface area (Å²) in [5, 5.41) is 3.09. The zero-order valence-corrected chi connectivity index (χ0v) is 18.6. The summed E-state index contributed by atoms with van der Waals surface area (Å²) in [4.78, 5) is 20.5. The molecule has 7 heteroatoms. The van der Waals surface area contributed by atoms with E-state index < -0.39 is 0 Å². The van der Waals surface area contributed by atoms with E-state index in [1.165, 1.54) is 17.7 Å². The van der Waals surface area contributed by atoms with E-state index in [-0.39, 0.29) is 17.3 Å². The van der Waals surface area contributed by atoms with Gasteiger partial charge in [0, 0.05) is 47.1 Å². The Morgan fingerprint density at radius 1 is 1.26 bits per heavy atom. The van der Waals surface area contributed by atoms with Crippen LogP contribution in [0.15, 0.2) is 45.1 Å². The lowest BCUT2D eigenvalue weighted by atomic mass is 9.89. The fourth-order valence-corrected chi connectivity index (χ4v) is 5.48. The Morgan fingerprint density at radius 3 is 2.84 bits per heavy atom. The van der Waals surface area contributed by atoms with Crippen molar-refractivity contribution in [3.8, 4) is 0 Å². The first-order valence-corrected chi connectivity index (χ1v) is 11.8. The van der Waals surface area contributed by atoms with Crippen molar-refractivity contribution < 1.29 is 8.81 Å². The Morgan fingerprint density at radius 2 is 2.06 bits per heavy atom. The number of fused-ring (bicyclic) bond motifs is 2. The number of likely N-dealkylation sites (tertiary alicyclic amines) is 1. The summed E-state index contributed by atoms with van der Waals surface area (Å²) < 4.78 is 20.8. The van der Waals surface area contributed by atoms with Crippen LogP contribution in [0.5, 0.6) is 0 Å². The molecular formula is C24H26FN3O2S. The van der Waals surface area contributed by atoms with Crippen LogP contribution in [0.25, 0.3) is 15.9 Å². The van der Waals surface area contributed by atoms with Gasteiger partial charge in [0.05, 0.1) is 12.0 Å². The first-order chi connectivity index (χ1) is 15.0. The van der Waals surface area contributed by atoms with E-state index in [1.54, 1.807) is 28.1 Å². The molecular weight excluding hydrogens is 413 g/mol. The van der Waals surface area contributed by atoms with Gasteiger partial charge in [-0.3, -0.25) is 9.20 Å². The first kappa shape index (κ1) is 20.4. The molecule has 0 aliphatic carbocycles. The highest BCUT2D eigenvalue weighted by Crippen LogP contribution is 2.34. The van der Waals surface area contributed by atoms with Gasteiger partial charge in [0.15, 0.2) is 4.96 Å². The molecule has 0 radical (unpaired) electrons. The Balaban J connectivity index is 1.24. The molecule has 4 aromatic rings. The molecule has 0 amide bonds. The van der Waals surface area contributed by atoms with Crippen molar-refractivity contribution in [2.75, 3.05) is 19.6 Å². The summed E-state index contributed by atoms with van der Waals surface area (Å²) in [5.74, 6) is 0.418. The van der Waals surface area contributed by atoms with E-state index in [1.807, 2.05) is 6.07 Å². The number of rotatable bonds is 5. The molecule has 0 atom stereocenters. The molecule has 1 fully saturated rings. The molecule has 0 bridgehead atoms. The van der Waals surface area contributed by atoms with Crippen molar-refractivity contribution >= 4 is 27.3 Å². The maximum absolute atomic E-state index is 13.4. The minimum Gasteiger partial charge on any atom is -0.464 e. The largest absolute Gasteiger partial charge is 0.464 e. The van der Waals surface area contributed by atoms with Gasteiger partial charge in [-0.15, -0.1) is 11.3 Å². The molecule has 0 unspecified atom stereocenters. The molecule has 162 valence electrons. The van der Waals surface area contributed by atoms with Crippen molar-refractivity contribution in [1.29, 1.82) is 0 Å². The number of furan rings is 1. The average Bonchev–Trinajstić information content (AvgIpc) is 3.36. The topological polar surface area (TPSA) is 50.8 Å². The molecule has 3 aromatic heterocycles. The molecule has 0 spiro atoms. The molecule has 1 aliphatic rings. The standard InChI is InChI=1S/C24H26FN3O2S/c1-15(2)21-12-23(29)28-18(14-31-24(28)26-21)7-10-27-8-5-16(6-9-27)20-13-30-22-11-17(25)3-4-19(20)22/h3-4,11-16H,5-10H2,1-2H3. The molecule has 1 aromatic carbocycles. The lowest BCUT2D eigenvalue weighted by Gasteiger charge is -2.31. The molecule has 4 heterocycles. The predicted molar refractivity (Wildman–Crippen MR) is 122 cm³/mol. The highest BCUT2D eigenvalue weighted by molar-refractivity contribution is 7.15. The van der Waals surface area contributed by atoms with Crippen LogP contribution in [0, 0.1) is 5.82 Å². The van der Waals surface area contributed by atoms with Crippen LogP contribution in [0.1, 0.15) is 55.5 Å². The quantitative estimate of drug-likeness (QED) is 0.430. The van der Waals surface area contributed by atoms with Gasteiger partial charge in [-0.05, 0) is 49.9 Å². The highest BCUT2D eigenvalue weighted by Gasteiger charge is 2.24. The van der Waals surface area contributed by atoms with Gasteiger partial charge < -0.3 is 9.32 Å². The van der Waals surface area contributed by atoms with Crippen molar-refractivity contribution in [3.63, 3.8) is 0 Å². The third-order valence-electron chi connectivity index (χ3n) is 6.37. The Labute approximate surface area is 184 Å². The van der Waals surface area contributed by atoms with E-state index in [4.69, 9.17) is 4.42 Å². The SMILES string of the molecule is CC(C)c1cc(=O)n2c(CCN3CCC(c4coc5cc(F)ccc45)CC3)csc2n1. The summed E-state index contributed by atoms with van der Waals surface area (Å²) in [6.07, 6.45) is 4.74. The number of nitrogens with zero attached hydrogens (tertiary/aromatic N) is 3. The third kappa shape index (κ3) is 3.92. The fraction of sp³-hybridized carbons (Fsp3) is 0.417. The molecule has 5 nitrogen and oxygen atoms in total. The second-order valence-corrected chi connectivity index (χ2v) is 9.55. The fourth-order valence-electron chi connectivity index (χ4n) is 4.54. The highest BCUT2D eigenvalue weighted by atomic mass is 32.1. The maximum Gasteiger partial charge on any atom is 0.258 e. The Bertz CT molecular complexity index is 1280. The van der Waals surface area contributed by atoms with Crippen molar-refractivity contribution in [2.45, 2.75) is 44.9 Å². The minimum atomic E-state index is -0.265. The van der Waals surface area contributed by atoms with Gasteiger partial charge in [-0.1, -0.05) is 13.8 Å². The zero-order chi connectivity index (χ0) is 21.5. The van der Waals surface area contributed by atoms with Crippen LogP contribution in [0.4, 0.5) is 4.39 Å². The summed E-state index contributed by atoms with van der Waals surface area (Å²) in [6.45, 7) is 7.05. The van der Waals surface area contributed by atoms with Gasteiger partial charge in [0.1, 0.15) is 11.4 Å². The Kier molecular flexibility index (Phi) is 5.40. The van der Waals surface area contributed by atoms with Gasteiger partial charge >= 0.3 is 0 Å². The van der Waals surface area contributed by atoms with E-state index in [0.717, 1.165) is 60.6 Å². The number of hydrogen-bond acceptors (Lipinski definition) is 5. The lowest BCUT2D eigenvalue weighted by Crippen LogP contribution is -2.34. The van der Waals surface area contributed by atoms with Crippen molar-refractivity contribution in [2.24, 2.45) is 0 Å². The average molecular weight is 440 g/mol. The van der Waals surface area contributed by atoms with Crippen LogP contribution >= 0.6 is 11.3 Å². The zero-order valence-electron chi connectivity index (χ0n) is 17.8. The molecule has 0 saturated carbocycles. The van der Waals surface area contributed by atoms with Crippen LogP contribution in [0.3, 0.4) is 0 Å². The number of benzene rings is 1. The smallest absolute Gasteiger partial charge is 0.258 e. The maximum atomic E-state index is 13.4. The number of piperidine rings is 1. The number of hydrogen-bond donors (Lipinski definition) is 0. The number of thiazole rings is 1. The van der Waals surface area contributed by atoms with Crippen LogP contribution in [-0.2, 0) is 6.42 Å². The van der Waals surface area contributed by atoms with Gasteiger partial charge in [0.2, 0.25) is 0 Å². The summed E-state index contributed by atoms with van der Waals surface area (Å²) in [6, 6.07) is 6.46. The van der Waals surface area contributed by atoms with Crippen LogP contribution < -0.4 is 5.56 Å². The van der Waals surface area contributed by atoms with E-state index in [9.17, 15) is 9.18 Å². The molecule has 31 heavy (non-hydrogen) atoms. The van der Waals surface area contributed by atoms with Crippen LogP contribution in [0.2, 0.25) is 0 Å². The van der Waals surface area contributed by atoms with Gasteiger partial charge in [0.25, 0.3) is 5.56 Å². The first-order valence-electron chi connectivity index (χ1n) is 10.9. The van der Waals surface area contributed by atoms with E-state index in [2.05, 4.69) is 29.1 Å². The summed E-state index contributed by atoms with van der Waals surface area (Å²) in [7, 11) is 0. The molecule has 1 aliphatic heterocycles. The number of halogens is 1. The monoisotopic (exact) mass is 439 g/mol. The molecule has 0 N–H and O–H groups in total. The molecule has 5 rings (SSSR count). The predicted octanol–water partition coefficient (Wildman–Crippen LogP) is 5.19. The van der Waals surface area contributed by atoms with Gasteiger partial charge in [-0.2, -0.15) is 0 Å². The van der Waals surface area contributed by atoms with Crippen molar-refractivity contribution in [3.05, 3.63) is 69.0 Å². The second kappa shape index (κ2) is 8.20. The summed E-state index contributed by atoms with van der Waals surface area (Å²) >= 11 is 1.54. The third-order valence-corrected chi connectivity index (χ3v) is 7.24. The summed E-state index contributed by atoms with van der Waals surface area (Å²) in [5.41, 5.74) is 3.73. The van der Waals surface area contributed by atoms with Crippen molar-refractivity contribution in [1.82, 2.24) is 14.3 Å². The Hall–Kier alpha value is -2.51. The number of aromatic nitrogens is 2. The lowest BCUT2D eigenvalue weighted by molar-refractivity contribution is 0.214. The van der Waals surface area contributed by atoms with Crippen LogP contribution in [-0.4, -0.2) is 33.9 Å². The van der Waals surface area contributed by atoms with Gasteiger partial charge in [-0.25, -0.2) is 9.37 Å².